The average molecular weight is 436 g/mol. The van der Waals surface area contributed by atoms with E-state index in [4.69, 9.17) is 0 Å². The van der Waals surface area contributed by atoms with Crippen molar-refractivity contribution in [2.75, 3.05) is 25.0 Å². The largest absolute Gasteiger partial charge is 0.326 e. The maximum atomic E-state index is 13.0. The van der Waals surface area contributed by atoms with Crippen molar-refractivity contribution in [3.8, 4) is 0 Å². The van der Waals surface area contributed by atoms with Gasteiger partial charge in [0, 0.05) is 24.7 Å². The lowest BCUT2D eigenvalue weighted by Gasteiger charge is -2.34. The molecule has 29 heavy (non-hydrogen) atoms. The number of carbonyl (C=O) groups excluding carboxylic acids is 1. The molecule has 2 aromatic rings. The van der Waals surface area contributed by atoms with Gasteiger partial charge in [0.05, 0.1) is 4.90 Å². The van der Waals surface area contributed by atoms with Crippen LogP contribution in [0.1, 0.15) is 49.8 Å². The van der Waals surface area contributed by atoms with Gasteiger partial charge in [-0.2, -0.15) is 11.3 Å². The summed E-state index contributed by atoms with van der Waals surface area (Å²) in [5, 5.41) is 6.90. The standard InChI is InChI=1S/C21H29N3O3S2/c1-3-21(25)23-18-7-8-20(16(2)13-18)29(26,27)22-14-19(17-9-12-28-15-17)24-10-5-4-6-11-24/h7-9,12-13,15,19,22H,3-6,10-11,14H2,1-2H3,(H,23,25). The SMILES string of the molecule is CCC(=O)Nc1ccc(S(=O)(=O)NCC(c2ccsc2)N2CCCCC2)c(C)c1. The molecule has 1 amide bonds. The van der Waals surface area contributed by atoms with Crippen LogP contribution in [0, 0.1) is 6.92 Å². The maximum absolute atomic E-state index is 13.0. The summed E-state index contributed by atoms with van der Waals surface area (Å²) in [5.74, 6) is -0.0988. The normalized spacial score (nSPS) is 16.5. The Hall–Kier alpha value is -1.74. The molecule has 0 spiro atoms. The molecule has 1 saturated heterocycles. The fourth-order valence-corrected chi connectivity index (χ4v) is 5.67. The van der Waals surface area contributed by atoms with Crippen LogP contribution < -0.4 is 10.0 Å². The highest BCUT2D eigenvalue weighted by atomic mass is 32.2. The molecule has 0 bridgehead atoms. The molecule has 8 heteroatoms. The van der Waals surface area contributed by atoms with Crippen molar-refractivity contribution >= 4 is 33.0 Å². The highest BCUT2D eigenvalue weighted by Crippen LogP contribution is 2.27. The Morgan fingerprint density at radius 3 is 2.59 bits per heavy atom. The highest BCUT2D eigenvalue weighted by Gasteiger charge is 2.25. The zero-order valence-corrected chi connectivity index (χ0v) is 18.6. The van der Waals surface area contributed by atoms with Crippen LogP contribution in [0.25, 0.3) is 0 Å². The number of anilines is 1. The lowest BCUT2D eigenvalue weighted by Crippen LogP contribution is -2.40. The molecule has 1 aromatic carbocycles. The van der Waals surface area contributed by atoms with E-state index >= 15 is 0 Å². The van der Waals surface area contributed by atoms with Crippen LogP contribution in [0.3, 0.4) is 0 Å². The molecule has 6 nitrogen and oxygen atoms in total. The van der Waals surface area contributed by atoms with Crippen LogP contribution in [0.4, 0.5) is 5.69 Å². The zero-order valence-electron chi connectivity index (χ0n) is 17.0. The second kappa shape index (κ2) is 9.84. The summed E-state index contributed by atoms with van der Waals surface area (Å²) in [6.45, 7) is 5.85. The van der Waals surface area contributed by atoms with Crippen molar-refractivity contribution in [1.29, 1.82) is 0 Å². The summed E-state index contributed by atoms with van der Waals surface area (Å²) in [4.78, 5) is 14.2. The molecule has 1 aliphatic rings. The Bertz CT molecular complexity index is 921. The van der Waals surface area contributed by atoms with E-state index in [1.165, 1.54) is 6.42 Å². The molecule has 1 unspecified atom stereocenters. The minimum Gasteiger partial charge on any atom is -0.326 e. The fraction of sp³-hybridized carbons (Fsp3) is 0.476. The van der Waals surface area contributed by atoms with E-state index in [9.17, 15) is 13.2 Å². The van der Waals surface area contributed by atoms with Crippen molar-refractivity contribution in [2.24, 2.45) is 0 Å². The van der Waals surface area contributed by atoms with Gasteiger partial charge in [0.2, 0.25) is 15.9 Å². The Morgan fingerprint density at radius 1 is 1.21 bits per heavy atom. The first-order valence-electron chi connectivity index (χ1n) is 10.1. The minimum atomic E-state index is -3.65. The van der Waals surface area contributed by atoms with Gasteiger partial charge < -0.3 is 5.32 Å². The number of aryl methyl sites for hydroxylation is 1. The van der Waals surface area contributed by atoms with Crippen molar-refractivity contribution in [3.63, 3.8) is 0 Å². The van der Waals surface area contributed by atoms with Gasteiger partial charge in [0.15, 0.2) is 0 Å². The predicted molar refractivity (Wildman–Crippen MR) is 118 cm³/mol. The van der Waals surface area contributed by atoms with Gasteiger partial charge in [0.25, 0.3) is 0 Å². The number of carbonyl (C=O) groups is 1. The average Bonchev–Trinajstić information content (AvgIpc) is 3.23. The number of sulfonamides is 1. The molecule has 0 radical (unpaired) electrons. The van der Waals surface area contributed by atoms with Gasteiger partial charge in [0.1, 0.15) is 0 Å². The minimum absolute atomic E-state index is 0.0414. The maximum Gasteiger partial charge on any atom is 0.240 e. The van der Waals surface area contributed by atoms with Crippen molar-refractivity contribution in [1.82, 2.24) is 9.62 Å². The van der Waals surface area contributed by atoms with Crippen LogP contribution in [0.2, 0.25) is 0 Å². The van der Waals surface area contributed by atoms with Gasteiger partial charge in [-0.1, -0.05) is 13.3 Å². The Morgan fingerprint density at radius 2 is 1.97 bits per heavy atom. The number of amides is 1. The van der Waals surface area contributed by atoms with Gasteiger partial charge in [-0.05, 0) is 79.0 Å². The summed E-state index contributed by atoms with van der Waals surface area (Å²) in [6.07, 6.45) is 3.91. The fourth-order valence-electron chi connectivity index (χ4n) is 3.70. The van der Waals surface area contributed by atoms with Crippen LogP contribution in [0.15, 0.2) is 39.9 Å². The molecule has 1 aromatic heterocycles. The Balaban J connectivity index is 1.74. The van der Waals surface area contributed by atoms with Gasteiger partial charge in [-0.25, -0.2) is 13.1 Å². The lowest BCUT2D eigenvalue weighted by molar-refractivity contribution is -0.115. The van der Waals surface area contributed by atoms with E-state index in [1.807, 2.05) is 5.38 Å². The number of hydrogen-bond donors (Lipinski definition) is 2. The smallest absolute Gasteiger partial charge is 0.240 e. The molecule has 2 N–H and O–H groups in total. The van der Waals surface area contributed by atoms with Gasteiger partial charge in [-0.3, -0.25) is 9.69 Å². The zero-order chi connectivity index (χ0) is 20.9. The first-order valence-corrected chi connectivity index (χ1v) is 12.5. The Kier molecular flexibility index (Phi) is 7.45. The van der Waals surface area contributed by atoms with E-state index in [0.717, 1.165) is 31.5 Å². The van der Waals surface area contributed by atoms with E-state index in [2.05, 4.69) is 26.4 Å². The number of piperidine rings is 1. The topological polar surface area (TPSA) is 78.5 Å². The third kappa shape index (κ3) is 5.66. The van der Waals surface area contributed by atoms with E-state index in [-0.39, 0.29) is 16.8 Å². The molecule has 1 aliphatic heterocycles. The van der Waals surface area contributed by atoms with E-state index in [1.54, 1.807) is 43.4 Å². The van der Waals surface area contributed by atoms with Crippen LogP contribution in [-0.2, 0) is 14.8 Å². The van der Waals surface area contributed by atoms with E-state index in [0.29, 0.717) is 24.2 Å². The molecule has 1 fully saturated rings. The second-order valence-corrected chi connectivity index (χ2v) is 9.92. The van der Waals surface area contributed by atoms with Crippen LogP contribution >= 0.6 is 11.3 Å². The van der Waals surface area contributed by atoms with Crippen molar-refractivity contribution in [3.05, 3.63) is 46.2 Å². The van der Waals surface area contributed by atoms with Crippen molar-refractivity contribution < 1.29 is 13.2 Å². The molecule has 2 heterocycles. The first kappa shape index (κ1) is 22.0. The van der Waals surface area contributed by atoms with Crippen molar-refractivity contribution in [2.45, 2.75) is 50.5 Å². The summed E-state index contributed by atoms with van der Waals surface area (Å²) < 4.78 is 28.8. The third-order valence-electron chi connectivity index (χ3n) is 5.30. The Labute approximate surface area is 177 Å². The number of rotatable bonds is 8. The van der Waals surface area contributed by atoms with Crippen LogP contribution in [-0.4, -0.2) is 38.9 Å². The first-order chi connectivity index (χ1) is 13.9. The number of hydrogen-bond acceptors (Lipinski definition) is 5. The monoisotopic (exact) mass is 435 g/mol. The number of nitrogens with one attached hydrogen (secondary N) is 2. The van der Waals surface area contributed by atoms with Gasteiger partial charge >= 0.3 is 0 Å². The summed E-state index contributed by atoms with van der Waals surface area (Å²) in [5.41, 5.74) is 2.38. The quantitative estimate of drug-likeness (QED) is 0.659. The number of thiophene rings is 1. The van der Waals surface area contributed by atoms with E-state index < -0.39 is 10.0 Å². The number of nitrogens with zero attached hydrogens (tertiary/aromatic N) is 1. The molecule has 3 rings (SSSR count). The molecule has 158 valence electrons. The summed E-state index contributed by atoms with van der Waals surface area (Å²) in [7, 11) is -3.65. The highest BCUT2D eigenvalue weighted by molar-refractivity contribution is 7.89. The summed E-state index contributed by atoms with van der Waals surface area (Å²) in [6, 6.07) is 7.01. The second-order valence-electron chi connectivity index (χ2n) is 7.40. The number of likely N-dealkylation sites (tertiary alicyclic amines) is 1. The lowest BCUT2D eigenvalue weighted by atomic mass is 10.0. The molecule has 0 saturated carbocycles. The third-order valence-corrected chi connectivity index (χ3v) is 7.58. The molecule has 1 atom stereocenters. The van der Waals surface area contributed by atoms with Gasteiger partial charge in [-0.15, -0.1) is 0 Å². The number of benzene rings is 1. The molecular formula is C21H29N3O3S2. The predicted octanol–water partition coefficient (Wildman–Crippen LogP) is 3.91. The summed E-state index contributed by atoms with van der Waals surface area (Å²) >= 11 is 1.63. The molecule has 0 aliphatic carbocycles. The molecular weight excluding hydrogens is 406 g/mol. The van der Waals surface area contributed by atoms with Crippen LogP contribution in [0.5, 0.6) is 0 Å².